The number of rotatable bonds is 6. The minimum absolute atomic E-state index is 0.802. The lowest BCUT2D eigenvalue weighted by Gasteiger charge is -2.23. The Morgan fingerprint density at radius 3 is 2.47 bits per heavy atom. The zero-order chi connectivity index (χ0) is 11.1. The van der Waals surface area contributed by atoms with E-state index in [2.05, 4.69) is 31.4 Å². The Kier molecular flexibility index (Phi) is 6.26. The molecule has 2 N–H and O–H groups in total. The van der Waals surface area contributed by atoms with Crippen LogP contribution in [0.1, 0.15) is 40.0 Å². The van der Waals surface area contributed by atoms with Gasteiger partial charge in [0.1, 0.15) is 0 Å². The second-order valence-corrected chi connectivity index (χ2v) is 5.41. The highest BCUT2D eigenvalue weighted by Gasteiger charge is 2.12. The van der Waals surface area contributed by atoms with Crippen LogP contribution < -0.4 is 10.6 Å². The van der Waals surface area contributed by atoms with E-state index in [9.17, 15) is 0 Å². The third-order valence-corrected chi connectivity index (χ3v) is 3.79. The van der Waals surface area contributed by atoms with Gasteiger partial charge in [0, 0.05) is 0 Å². The molecule has 0 radical (unpaired) electrons. The van der Waals surface area contributed by atoms with Crippen molar-refractivity contribution in [2.75, 3.05) is 26.2 Å². The van der Waals surface area contributed by atoms with E-state index < -0.39 is 0 Å². The van der Waals surface area contributed by atoms with Gasteiger partial charge in [-0.3, -0.25) is 0 Å². The van der Waals surface area contributed by atoms with E-state index >= 15 is 0 Å². The molecule has 1 fully saturated rings. The Balaban J connectivity index is 1.96. The van der Waals surface area contributed by atoms with E-state index in [0.29, 0.717) is 0 Å². The smallest absolute Gasteiger partial charge is 0.00207 e. The van der Waals surface area contributed by atoms with Gasteiger partial charge in [-0.25, -0.2) is 0 Å². The van der Waals surface area contributed by atoms with Gasteiger partial charge in [-0.1, -0.05) is 20.8 Å². The molecule has 90 valence electrons. The fourth-order valence-corrected chi connectivity index (χ4v) is 2.04. The molecule has 0 bridgehead atoms. The van der Waals surface area contributed by atoms with Gasteiger partial charge in [0.05, 0.1) is 0 Å². The Hall–Kier alpha value is -0.0800. The molecule has 1 heterocycles. The van der Waals surface area contributed by atoms with Crippen LogP contribution in [0.4, 0.5) is 0 Å². The molecule has 0 saturated carbocycles. The number of nitrogens with one attached hydrogen (secondary N) is 2. The van der Waals surface area contributed by atoms with Crippen molar-refractivity contribution in [2.45, 2.75) is 40.0 Å². The maximum Gasteiger partial charge on any atom is -0.00207 e. The molecule has 0 aromatic heterocycles. The first kappa shape index (κ1) is 13.0. The summed E-state index contributed by atoms with van der Waals surface area (Å²) >= 11 is 0. The summed E-state index contributed by atoms with van der Waals surface area (Å²) in [5.74, 6) is 2.57. The average molecular weight is 212 g/mol. The van der Waals surface area contributed by atoms with Crippen molar-refractivity contribution in [1.82, 2.24) is 10.6 Å². The Morgan fingerprint density at radius 1 is 1.20 bits per heavy atom. The lowest BCUT2D eigenvalue weighted by Crippen LogP contribution is -2.31. The minimum atomic E-state index is 0.802. The van der Waals surface area contributed by atoms with E-state index in [1.54, 1.807) is 0 Å². The van der Waals surface area contributed by atoms with E-state index in [0.717, 1.165) is 17.8 Å². The molecule has 0 aromatic carbocycles. The summed E-state index contributed by atoms with van der Waals surface area (Å²) in [6.07, 6.45) is 4.12. The van der Waals surface area contributed by atoms with Crippen molar-refractivity contribution in [3.8, 4) is 0 Å². The van der Waals surface area contributed by atoms with E-state index in [4.69, 9.17) is 0 Å². The molecule has 1 aliphatic heterocycles. The molecule has 2 heteroatoms. The van der Waals surface area contributed by atoms with Crippen LogP contribution in [0, 0.1) is 17.8 Å². The van der Waals surface area contributed by atoms with Crippen LogP contribution in [0.5, 0.6) is 0 Å². The van der Waals surface area contributed by atoms with Gasteiger partial charge in [0.25, 0.3) is 0 Å². The summed E-state index contributed by atoms with van der Waals surface area (Å²) in [5.41, 5.74) is 0. The normalized spacial score (nSPS) is 20.8. The molecule has 1 rings (SSSR count). The van der Waals surface area contributed by atoms with Gasteiger partial charge in [-0.2, -0.15) is 0 Å². The fourth-order valence-electron chi connectivity index (χ4n) is 2.04. The van der Waals surface area contributed by atoms with Crippen molar-refractivity contribution in [1.29, 1.82) is 0 Å². The molecule has 0 aliphatic carbocycles. The van der Waals surface area contributed by atoms with Crippen LogP contribution >= 0.6 is 0 Å². The van der Waals surface area contributed by atoms with Gasteiger partial charge in [-0.15, -0.1) is 0 Å². The molecule has 1 saturated heterocycles. The Labute approximate surface area is 95.2 Å². The second-order valence-electron chi connectivity index (χ2n) is 5.41. The standard InChI is InChI=1S/C13H28N2/c1-11(2)12(3)10-15-9-6-13-4-7-14-8-5-13/h11-15H,4-10H2,1-3H3. The summed E-state index contributed by atoms with van der Waals surface area (Å²) in [4.78, 5) is 0. The van der Waals surface area contributed by atoms with Gasteiger partial charge < -0.3 is 10.6 Å². The number of hydrogen-bond donors (Lipinski definition) is 2. The molecule has 1 aliphatic rings. The van der Waals surface area contributed by atoms with Crippen molar-refractivity contribution >= 4 is 0 Å². The first-order valence-corrected chi connectivity index (χ1v) is 6.61. The summed E-state index contributed by atoms with van der Waals surface area (Å²) < 4.78 is 0. The van der Waals surface area contributed by atoms with Gasteiger partial charge >= 0.3 is 0 Å². The number of hydrogen-bond acceptors (Lipinski definition) is 2. The van der Waals surface area contributed by atoms with Crippen LogP contribution in [0.3, 0.4) is 0 Å². The van der Waals surface area contributed by atoms with Crippen molar-refractivity contribution in [3.63, 3.8) is 0 Å². The predicted molar refractivity (Wildman–Crippen MR) is 67.1 cm³/mol. The first-order valence-electron chi connectivity index (χ1n) is 6.61. The number of piperidine rings is 1. The maximum absolute atomic E-state index is 3.59. The third kappa shape index (κ3) is 5.53. The monoisotopic (exact) mass is 212 g/mol. The van der Waals surface area contributed by atoms with Crippen LogP contribution in [0.15, 0.2) is 0 Å². The molecule has 0 amide bonds. The Morgan fingerprint density at radius 2 is 1.87 bits per heavy atom. The van der Waals surface area contributed by atoms with Crippen LogP contribution in [0.2, 0.25) is 0 Å². The first-order chi connectivity index (χ1) is 7.20. The van der Waals surface area contributed by atoms with Crippen molar-refractivity contribution < 1.29 is 0 Å². The quantitative estimate of drug-likeness (QED) is 0.660. The second kappa shape index (κ2) is 7.24. The Bertz CT molecular complexity index is 151. The maximum atomic E-state index is 3.59. The van der Waals surface area contributed by atoms with E-state index in [1.165, 1.54) is 45.4 Å². The van der Waals surface area contributed by atoms with Crippen molar-refractivity contribution in [3.05, 3.63) is 0 Å². The zero-order valence-electron chi connectivity index (χ0n) is 10.7. The van der Waals surface area contributed by atoms with Crippen LogP contribution in [0.25, 0.3) is 0 Å². The van der Waals surface area contributed by atoms with Crippen LogP contribution in [-0.2, 0) is 0 Å². The van der Waals surface area contributed by atoms with Gasteiger partial charge in [0.15, 0.2) is 0 Å². The third-order valence-electron chi connectivity index (χ3n) is 3.79. The van der Waals surface area contributed by atoms with Gasteiger partial charge in [-0.05, 0) is 63.2 Å². The highest BCUT2D eigenvalue weighted by Crippen LogP contribution is 2.15. The van der Waals surface area contributed by atoms with Crippen molar-refractivity contribution in [2.24, 2.45) is 17.8 Å². The van der Waals surface area contributed by atoms with E-state index in [1.807, 2.05) is 0 Å². The zero-order valence-corrected chi connectivity index (χ0v) is 10.7. The lowest BCUT2D eigenvalue weighted by molar-refractivity contribution is 0.335. The molecule has 1 unspecified atom stereocenters. The summed E-state index contributed by atoms with van der Waals surface area (Å²) in [5, 5.41) is 7.01. The largest absolute Gasteiger partial charge is 0.317 e. The molecule has 2 nitrogen and oxygen atoms in total. The van der Waals surface area contributed by atoms with Gasteiger partial charge in [0.2, 0.25) is 0 Å². The highest BCUT2D eigenvalue weighted by atomic mass is 14.9. The molecule has 0 spiro atoms. The van der Waals surface area contributed by atoms with Crippen LogP contribution in [-0.4, -0.2) is 26.2 Å². The molecular weight excluding hydrogens is 184 g/mol. The molecule has 0 aromatic rings. The fraction of sp³-hybridized carbons (Fsp3) is 1.00. The summed E-state index contributed by atoms with van der Waals surface area (Å²) in [7, 11) is 0. The SMILES string of the molecule is CC(C)C(C)CNCCC1CCNCC1. The molecule has 1 atom stereocenters. The summed E-state index contributed by atoms with van der Waals surface area (Å²) in [6, 6.07) is 0. The topological polar surface area (TPSA) is 24.1 Å². The molecular formula is C13H28N2. The predicted octanol–water partition coefficient (Wildman–Crippen LogP) is 2.26. The summed E-state index contributed by atoms with van der Waals surface area (Å²) in [6.45, 7) is 11.8. The average Bonchev–Trinajstić information content (AvgIpc) is 2.25. The highest BCUT2D eigenvalue weighted by molar-refractivity contribution is 4.70. The molecule has 15 heavy (non-hydrogen) atoms. The lowest BCUT2D eigenvalue weighted by atomic mass is 9.94. The van der Waals surface area contributed by atoms with E-state index in [-0.39, 0.29) is 0 Å². The minimum Gasteiger partial charge on any atom is -0.317 e.